The Hall–Kier alpha value is -1.64. The monoisotopic (exact) mass is 221 g/mol. The number of ether oxygens (including phenoxy) is 1. The summed E-state index contributed by atoms with van der Waals surface area (Å²) in [6, 6.07) is 6.66. The Morgan fingerprint density at radius 3 is 2.69 bits per heavy atom. The molecular weight excluding hydrogens is 210 g/mol. The van der Waals surface area contributed by atoms with Gasteiger partial charge in [-0.3, -0.25) is 0 Å². The Labute approximate surface area is 93.0 Å². The highest BCUT2D eigenvalue weighted by molar-refractivity contribution is 5.47. The highest BCUT2D eigenvalue weighted by Gasteiger charge is 2.32. The summed E-state index contributed by atoms with van der Waals surface area (Å²) in [6.45, 7) is 0. The molecule has 0 saturated carbocycles. The Morgan fingerprint density at radius 2 is 2.00 bits per heavy atom. The van der Waals surface area contributed by atoms with Crippen LogP contribution in [-0.4, -0.2) is 7.11 Å². The number of alkyl halides is 1. The molecule has 1 aromatic rings. The van der Waals surface area contributed by atoms with Gasteiger partial charge in [-0.05, 0) is 18.2 Å². The van der Waals surface area contributed by atoms with Gasteiger partial charge in [0, 0.05) is 12.0 Å². The van der Waals surface area contributed by atoms with Crippen molar-refractivity contribution >= 4 is 0 Å². The lowest BCUT2D eigenvalue weighted by atomic mass is 9.90. The molecule has 83 valence electrons. The van der Waals surface area contributed by atoms with E-state index in [2.05, 4.69) is 0 Å². The first kappa shape index (κ1) is 10.9. The van der Waals surface area contributed by atoms with Crippen LogP contribution in [0.1, 0.15) is 5.56 Å². The maximum absolute atomic E-state index is 14.5. The number of rotatable bonds is 2. The zero-order valence-corrected chi connectivity index (χ0v) is 8.78. The Bertz CT molecular complexity index is 451. The van der Waals surface area contributed by atoms with Crippen LogP contribution in [0.2, 0.25) is 0 Å². The van der Waals surface area contributed by atoms with Crippen molar-refractivity contribution in [2.75, 3.05) is 7.11 Å². The lowest BCUT2D eigenvalue weighted by Gasteiger charge is -2.23. The van der Waals surface area contributed by atoms with Crippen molar-refractivity contribution in [2.24, 2.45) is 0 Å². The SMILES string of the molecule is COc1ccccc1C1(F)C=C[CH]C(F)=C1. The molecule has 0 aliphatic heterocycles. The predicted molar refractivity (Wildman–Crippen MR) is 58.4 cm³/mol. The Morgan fingerprint density at radius 1 is 1.25 bits per heavy atom. The molecule has 1 aromatic carbocycles. The van der Waals surface area contributed by atoms with Crippen LogP contribution in [0.25, 0.3) is 0 Å². The standard InChI is InChI=1S/C13H11F2O/c1-16-12-7-3-2-6-11(12)13(15)8-4-5-10(14)9-13/h2-9H,1H3. The maximum Gasteiger partial charge on any atom is 0.178 e. The summed E-state index contributed by atoms with van der Waals surface area (Å²) in [7, 11) is 1.46. The van der Waals surface area contributed by atoms with Crippen molar-refractivity contribution < 1.29 is 13.5 Å². The van der Waals surface area contributed by atoms with Crippen molar-refractivity contribution in [2.45, 2.75) is 5.67 Å². The highest BCUT2D eigenvalue weighted by atomic mass is 19.1. The van der Waals surface area contributed by atoms with Crippen molar-refractivity contribution in [3.8, 4) is 5.75 Å². The number of hydrogen-bond donors (Lipinski definition) is 0. The van der Waals surface area contributed by atoms with Gasteiger partial charge in [0.2, 0.25) is 0 Å². The van der Waals surface area contributed by atoms with Crippen molar-refractivity contribution in [1.82, 2.24) is 0 Å². The van der Waals surface area contributed by atoms with E-state index in [0.29, 0.717) is 11.3 Å². The van der Waals surface area contributed by atoms with E-state index in [1.165, 1.54) is 25.7 Å². The van der Waals surface area contributed by atoms with E-state index >= 15 is 0 Å². The van der Waals surface area contributed by atoms with Crippen LogP contribution in [-0.2, 0) is 5.67 Å². The van der Waals surface area contributed by atoms with Gasteiger partial charge in [0.1, 0.15) is 11.6 Å². The van der Waals surface area contributed by atoms with E-state index < -0.39 is 11.5 Å². The molecule has 3 heteroatoms. The summed E-state index contributed by atoms with van der Waals surface area (Å²) in [6.07, 6.45) is 4.81. The van der Waals surface area contributed by atoms with E-state index in [1.807, 2.05) is 0 Å². The number of benzene rings is 1. The smallest absolute Gasteiger partial charge is 0.178 e. The fraction of sp³-hybridized carbons (Fsp3) is 0.154. The molecule has 0 N–H and O–H groups in total. The van der Waals surface area contributed by atoms with Gasteiger partial charge < -0.3 is 4.74 Å². The van der Waals surface area contributed by atoms with Gasteiger partial charge in [-0.2, -0.15) is 0 Å². The third-order valence-electron chi connectivity index (χ3n) is 2.46. The molecule has 1 aliphatic rings. The Balaban J connectivity index is 2.50. The van der Waals surface area contributed by atoms with Gasteiger partial charge >= 0.3 is 0 Å². The van der Waals surface area contributed by atoms with E-state index in [-0.39, 0.29) is 0 Å². The molecule has 0 saturated heterocycles. The second-order valence-corrected chi connectivity index (χ2v) is 3.52. The van der Waals surface area contributed by atoms with Crippen LogP contribution in [0, 0.1) is 6.42 Å². The van der Waals surface area contributed by atoms with Crippen LogP contribution in [0.15, 0.2) is 48.3 Å². The number of allylic oxidation sites excluding steroid dienone is 4. The largest absolute Gasteiger partial charge is 0.496 e. The average molecular weight is 221 g/mol. The molecule has 0 amide bonds. The minimum atomic E-state index is -1.94. The third-order valence-corrected chi connectivity index (χ3v) is 2.46. The van der Waals surface area contributed by atoms with Crippen molar-refractivity contribution in [3.05, 3.63) is 60.3 Å². The van der Waals surface area contributed by atoms with Crippen LogP contribution >= 0.6 is 0 Å². The van der Waals surface area contributed by atoms with Crippen LogP contribution in [0.3, 0.4) is 0 Å². The fourth-order valence-corrected chi connectivity index (χ4v) is 1.71. The number of para-hydroxylation sites is 1. The normalized spacial score (nSPS) is 24.1. The van der Waals surface area contributed by atoms with Gasteiger partial charge in [0.15, 0.2) is 5.67 Å². The van der Waals surface area contributed by atoms with E-state index in [1.54, 1.807) is 24.3 Å². The Kier molecular flexibility index (Phi) is 2.77. The van der Waals surface area contributed by atoms with Gasteiger partial charge in [0.25, 0.3) is 0 Å². The van der Waals surface area contributed by atoms with Crippen LogP contribution < -0.4 is 4.74 Å². The van der Waals surface area contributed by atoms with Gasteiger partial charge in [0.05, 0.1) is 7.11 Å². The molecule has 1 atom stereocenters. The summed E-state index contributed by atoms with van der Waals surface area (Å²) in [5, 5.41) is 0. The van der Waals surface area contributed by atoms with E-state index in [4.69, 9.17) is 4.74 Å². The highest BCUT2D eigenvalue weighted by Crippen LogP contribution is 2.39. The second kappa shape index (κ2) is 4.08. The van der Waals surface area contributed by atoms with Gasteiger partial charge in [-0.15, -0.1) is 0 Å². The van der Waals surface area contributed by atoms with Gasteiger partial charge in [-0.25, -0.2) is 8.78 Å². The maximum atomic E-state index is 14.5. The van der Waals surface area contributed by atoms with Crippen LogP contribution in [0.5, 0.6) is 5.75 Å². The third kappa shape index (κ3) is 1.85. The number of methoxy groups -OCH3 is 1. The number of halogens is 2. The number of hydrogen-bond acceptors (Lipinski definition) is 1. The molecule has 1 unspecified atom stereocenters. The van der Waals surface area contributed by atoms with Crippen molar-refractivity contribution in [1.29, 1.82) is 0 Å². The summed E-state index contributed by atoms with van der Waals surface area (Å²) in [5.74, 6) is -0.184. The summed E-state index contributed by atoms with van der Waals surface area (Å²) < 4.78 is 32.6. The van der Waals surface area contributed by atoms with Crippen LogP contribution in [0.4, 0.5) is 8.78 Å². The summed E-state index contributed by atoms with van der Waals surface area (Å²) in [4.78, 5) is 0. The molecule has 2 rings (SSSR count). The topological polar surface area (TPSA) is 9.23 Å². The zero-order valence-electron chi connectivity index (χ0n) is 8.78. The minimum absolute atomic E-state index is 0.303. The molecule has 16 heavy (non-hydrogen) atoms. The molecule has 0 heterocycles. The summed E-state index contributed by atoms with van der Waals surface area (Å²) >= 11 is 0. The lowest BCUT2D eigenvalue weighted by molar-refractivity contribution is 0.284. The fourth-order valence-electron chi connectivity index (χ4n) is 1.71. The molecule has 0 aromatic heterocycles. The first-order valence-corrected chi connectivity index (χ1v) is 4.89. The lowest BCUT2D eigenvalue weighted by Crippen LogP contribution is -2.17. The summed E-state index contributed by atoms with van der Waals surface area (Å²) in [5.41, 5.74) is -1.64. The molecule has 1 aliphatic carbocycles. The molecule has 1 radical (unpaired) electrons. The van der Waals surface area contributed by atoms with Crippen molar-refractivity contribution in [3.63, 3.8) is 0 Å². The molecule has 0 bridgehead atoms. The van der Waals surface area contributed by atoms with E-state index in [9.17, 15) is 8.78 Å². The first-order valence-electron chi connectivity index (χ1n) is 4.89. The zero-order chi connectivity index (χ0) is 11.6. The second-order valence-electron chi connectivity index (χ2n) is 3.52. The molecule has 1 nitrogen and oxygen atoms in total. The molecule has 0 spiro atoms. The minimum Gasteiger partial charge on any atom is -0.496 e. The van der Waals surface area contributed by atoms with E-state index in [0.717, 1.165) is 6.08 Å². The average Bonchev–Trinajstić information content (AvgIpc) is 2.29. The first-order chi connectivity index (χ1) is 7.65. The molecule has 0 fully saturated rings. The quantitative estimate of drug-likeness (QED) is 0.742. The molecular formula is C13H11F2O. The van der Waals surface area contributed by atoms with Gasteiger partial charge in [-0.1, -0.05) is 24.3 Å². The predicted octanol–water partition coefficient (Wildman–Crippen LogP) is 3.49.